The van der Waals surface area contributed by atoms with Gasteiger partial charge in [-0.15, -0.1) is 0 Å². The van der Waals surface area contributed by atoms with Crippen LogP contribution < -0.4 is 4.74 Å². The molecule has 0 fully saturated rings. The third-order valence-electron chi connectivity index (χ3n) is 2.56. The Labute approximate surface area is 113 Å². The zero-order chi connectivity index (χ0) is 14.0. The molecule has 2 rings (SSSR count). The molecule has 2 aromatic heterocycles. The van der Waals surface area contributed by atoms with E-state index in [-0.39, 0.29) is 12.0 Å². The van der Waals surface area contributed by atoms with Crippen LogP contribution in [0.1, 0.15) is 43.9 Å². The average Bonchev–Trinajstić information content (AvgIpc) is 2.73. The molecule has 0 aliphatic rings. The van der Waals surface area contributed by atoms with Crippen LogP contribution in [0.5, 0.6) is 5.75 Å². The molecule has 19 heavy (non-hydrogen) atoms. The molecule has 102 valence electrons. The first-order valence-corrected chi connectivity index (χ1v) is 6.26. The van der Waals surface area contributed by atoms with E-state index in [0.717, 1.165) is 17.1 Å². The lowest BCUT2D eigenvalue weighted by Gasteiger charge is -2.10. The van der Waals surface area contributed by atoms with E-state index in [4.69, 9.17) is 9.26 Å². The Hall–Kier alpha value is -1.91. The van der Waals surface area contributed by atoms with Crippen LogP contribution in [0.25, 0.3) is 0 Å². The van der Waals surface area contributed by atoms with Gasteiger partial charge in [0.05, 0.1) is 0 Å². The van der Waals surface area contributed by atoms with Crippen molar-refractivity contribution in [2.45, 2.75) is 46.6 Å². The summed E-state index contributed by atoms with van der Waals surface area (Å²) in [6, 6.07) is 3.77. The van der Waals surface area contributed by atoms with Crippen molar-refractivity contribution in [3.63, 3.8) is 0 Å². The first-order chi connectivity index (χ1) is 8.84. The molecule has 2 heterocycles. The zero-order valence-corrected chi connectivity index (χ0v) is 12.0. The molecular weight excluding hydrogens is 242 g/mol. The van der Waals surface area contributed by atoms with Crippen molar-refractivity contribution in [2.24, 2.45) is 0 Å². The molecule has 5 nitrogen and oxygen atoms in total. The minimum atomic E-state index is -0.119. The average molecular weight is 261 g/mol. The number of nitrogens with zero attached hydrogens (tertiary/aromatic N) is 3. The lowest BCUT2D eigenvalue weighted by molar-refractivity contribution is 0.241. The fourth-order valence-corrected chi connectivity index (χ4v) is 1.64. The summed E-state index contributed by atoms with van der Waals surface area (Å²) in [5.74, 6) is 1.94. The second-order valence-corrected chi connectivity index (χ2v) is 5.64. The highest BCUT2D eigenvalue weighted by Crippen LogP contribution is 2.19. The molecule has 0 aromatic carbocycles. The Balaban J connectivity index is 2.04. The molecule has 0 radical (unpaired) electrons. The van der Waals surface area contributed by atoms with Gasteiger partial charge in [-0.3, -0.25) is 4.98 Å². The second kappa shape index (κ2) is 4.99. The van der Waals surface area contributed by atoms with E-state index in [9.17, 15) is 0 Å². The number of rotatable bonds is 3. The van der Waals surface area contributed by atoms with Gasteiger partial charge >= 0.3 is 0 Å². The third-order valence-corrected chi connectivity index (χ3v) is 2.56. The molecule has 0 saturated heterocycles. The monoisotopic (exact) mass is 261 g/mol. The molecule has 0 saturated carbocycles. The molecular formula is C14H19N3O2. The third kappa shape index (κ3) is 3.53. The Bertz CT molecular complexity index is 550. The van der Waals surface area contributed by atoms with Crippen LogP contribution in [-0.4, -0.2) is 15.1 Å². The summed E-state index contributed by atoms with van der Waals surface area (Å²) < 4.78 is 10.8. The molecule has 0 aliphatic carbocycles. The van der Waals surface area contributed by atoms with Crippen molar-refractivity contribution in [2.75, 3.05) is 0 Å². The van der Waals surface area contributed by atoms with Gasteiger partial charge in [-0.1, -0.05) is 25.9 Å². The van der Waals surface area contributed by atoms with E-state index in [2.05, 4.69) is 15.1 Å². The second-order valence-electron chi connectivity index (χ2n) is 5.64. The summed E-state index contributed by atoms with van der Waals surface area (Å²) in [5, 5.41) is 3.96. The maximum absolute atomic E-state index is 5.64. The quantitative estimate of drug-likeness (QED) is 0.850. The lowest BCUT2D eigenvalue weighted by Crippen LogP contribution is -2.13. The van der Waals surface area contributed by atoms with Crippen LogP contribution in [0.3, 0.4) is 0 Å². The molecule has 0 unspecified atom stereocenters. The van der Waals surface area contributed by atoms with Gasteiger partial charge < -0.3 is 9.26 Å². The van der Waals surface area contributed by atoms with E-state index in [1.807, 2.05) is 46.8 Å². The topological polar surface area (TPSA) is 61.0 Å². The van der Waals surface area contributed by atoms with Crippen LogP contribution >= 0.6 is 0 Å². The summed E-state index contributed by atoms with van der Waals surface area (Å²) in [4.78, 5) is 8.62. The fraction of sp³-hybridized carbons (Fsp3) is 0.500. The van der Waals surface area contributed by atoms with E-state index in [1.54, 1.807) is 0 Å². The SMILES string of the molecule is Cc1cc(OCc2nc(C(C)(C)C)no2)cc(C)n1. The van der Waals surface area contributed by atoms with Crippen molar-refractivity contribution >= 4 is 0 Å². The van der Waals surface area contributed by atoms with Gasteiger partial charge in [0.25, 0.3) is 5.89 Å². The Morgan fingerprint density at radius 1 is 1.11 bits per heavy atom. The van der Waals surface area contributed by atoms with E-state index >= 15 is 0 Å². The first kappa shape index (κ1) is 13.5. The van der Waals surface area contributed by atoms with Gasteiger partial charge in [-0.2, -0.15) is 4.98 Å². The molecule has 5 heteroatoms. The molecule has 0 amide bonds. The number of aromatic nitrogens is 3. The predicted molar refractivity (Wildman–Crippen MR) is 71.0 cm³/mol. The molecule has 0 atom stereocenters. The summed E-state index contributed by atoms with van der Waals surface area (Å²) in [6.45, 7) is 10.3. The number of aryl methyl sites for hydroxylation is 2. The van der Waals surface area contributed by atoms with Crippen molar-refractivity contribution in [1.29, 1.82) is 0 Å². The summed E-state index contributed by atoms with van der Waals surface area (Å²) in [7, 11) is 0. The maximum atomic E-state index is 5.64. The van der Waals surface area contributed by atoms with Gasteiger partial charge in [0.2, 0.25) is 0 Å². The number of pyridine rings is 1. The lowest BCUT2D eigenvalue weighted by atomic mass is 9.96. The minimum absolute atomic E-state index is 0.119. The molecule has 2 aromatic rings. The number of hydrogen-bond acceptors (Lipinski definition) is 5. The van der Waals surface area contributed by atoms with Crippen LogP contribution in [0.15, 0.2) is 16.7 Å². The van der Waals surface area contributed by atoms with Crippen molar-refractivity contribution in [1.82, 2.24) is 15.1 Å². The minimum Gasteiger partial charge on any atom is -0.484 e. The highest BCUT2D eigenvalue weighted by atomic mass is 16.5. The van der Waals surface area contributed by atoms with Crippen molar-refractivity contribution in [3.8, 4) is 5.75 Å². The molecule has 0 bridgehead atoms. The van der Waals surface area contributed by atoms with Gasteiger partial charge in [0.15, 0.2) is 12.4 Å². The van der Waals surface area contributed by atoms with E-state index in [0.29, 0.717) is 11.7 Å². The van der Waals surface area contributed by atoms with Gasteiger partial charge in [-0.05, 0) is 13.8 Å². The Kier molecular flexibility index (Phi) is 3.55. The standard InChI is InChI=1S/C14H19N3O2/c1-9-6-11(7-10(2)15-9)18-8-12-16-13(17-19-12)14(3,4)5/h6-7H,8H2,1-5H3. The zero-order valence-electron chi connectivity index (χ0n) is 12.0. The number of ether oxygens (including phenoxy) is 1. The fourth-order valence-electron chi connectivity index (χ4n) is 1.64. The van der Waals surface area contributed by atoms with Gasteiger partial charge in [0.1, 0.15) is 5.75 Å². The normalized spacial score (nSPS) is 11.6. The number of hydrogen-bond donors (Lipinski definition) is 0. The van der Waals surface area contributed by atoms with Gasteiger partial charge in [0, 0.05) is 28.9 Å². The van der Waals surface area contributed by atoms with Crippen LogP contribution in [0, 0.1) is 13.8 Å². The summed E-state index contributed by atoms with van der Waals surface area (Å²) in [6.07, 6.45) is 0. The summed E-state index contributed by atoms with van der Waals surface area (Å²) >= 11 is 0. The first-order valence-electron chi connectivity index (χ1n) is 6.26. The van der Waals surface area contributed by atoms with E-state index < -0.39 is 0 Å². The largest absolute Gasteiger partial charge is 0.484 e. The summed E-state index contributed by atoms with van der Waals surface area (Å²) in [5.41, 5.74) is 1.73. The van der Waals surface area contributed by atoms with Crippen molar-refractivity contribution < 1.29 is 9.26 Å². The van der Waals surface area contributed by atoms with Gasteiger partial charge in [-0.25, -0.2) is 0 Å². The molecule has 0 aliphatic heterocycles. The predicted octanol–water partition coefficient (Wildman–Crippen LogP) is 2.96. The molecule has 0 spiro atoms. The smallest absolute Gasteiger partial charge is 0.264 e. The van der Waals surface area contributed by atoms with E-state index in [1.165, 1.54) is 0 Å². The van der Waals surface area contributed by atoms with Crippen LogP contribution in [-0.2, 0) is 12.0 Å². The van der Waals surface area contributed by atoms with Crippen LogP contribution in [0.2, 0.25) is 0 Å². The Morgan fingerprint density at radius 2 is 1.74 bits per heavy atom. The highest BCUT2D eigenvalue weighted by Gasteiger charge is 2.21. The maximum Gasteiger partial charge on any atom is 0.264 e. The Morgan fingerprint density at radius 3 is 2.26 bits per heavy atom. The highest BCUT2D eigenvalue weighted by molar-refractivity contribution is 5.26. The molecule has 0 N–H and O–H groups in total. The van der Waals surface area contributed by atoms with Crippen molar-refractivity contribution in [3.05, 3.63) is 35.2 Å². The van der Waals surface area contributed by atoms with Crippen LogP contribution in [0.4, 0.5) is 0 Å².